The van der Waals surface area contributed by atoms with E-state index in [0.717, 1.165) is 12.1 Å². The molecule has 0 heterocycles. The number of benzene rings is 1. The molecule has 20 heavy (non-hydrogen) atoms. The van der Waals surface area contributed by atoms with Crippen molar-refractivity contribution in [2.24, 2.45) is 11.1 Å². The first-order valence-electron chi connectivity index (χ1n) is 5.76. The lowest BCUT2D eigenvalue weighted by atomic mass is 9.87. The van der Waals surface area contributed by atoms with Crippen molar-refractivity contribution in [1.29, 1.82) is 0 Å². The van der Waals surface area contributed by atoms with Gasteiger partial charge in [-0.1, -0.05) is 20.8 Å². The summed E-state index contributed by atoms with van der Waals surface area (Å²) in [6.45, 7) is 5.34. The van der Waals surface area contributed by atoms with Gasteiger partial charge in [-0.3, -0.25) is 4.79 Å². The van der Waals surface area contributed by atoms with Crippen LogP contribution in [0.4, 0.5) is 14.5 Å². The average Bonchev–Trinajstić information content (AvgIpc) is 2.31. The van der Waals surface area contributed by atoms with E-state index in [0.29, 0.717) is 0 Å². The van der Waals surface area contributed by atoms with Crippen LogP contribution < -0.4 is 15.8 Å². The first kappa shape index (κ1) is 18.6. The molecule has 1 atom stereocenters. The highest BCUT2D eigenvalue weighted by atomic mass is 35.5. The number of nitrogens with two attached hydrogens (primary N) is 1. The number of carbonyl (C=O) groups is 1. The molecule has 114 valence electrons. The molecule has 0 fully saturated rings. The summed E-state index contributed by atoms with van der Waals surface area (Å²) in [5, 5.41) is 2.27. The highest BCUT2D eigenvalue weighted by Crippen LogP contribution is 2.25. The lowest BCUT2D eigenvalue weighted by Gasteiger charge is -2.25. The number of halogens is 3. The number of amides is 1. The Balaban J connectivity index is 0.00000361. The second-order valence-electron chi connectivity index (χ2n) is 5.30. The Labute approximate surface area is 123 Å². The Morgan fingerprint density at radius 3 is 2.30 bits per heavy atom. The van der Waals surface area contributed by atoms with Gasteiger partial charge in [-0.25, -0.2) is 8.78 Å². The Hall–Kier alpha value is -1.40. The largest absolute Gasteiger partial charge is 0.494 e. The number of hydrogen-bond donors (Lipinski definition) is 2. The molecule has 7 heteroatoms. The minimum Gasteiger partial charge on any atom is -0.494 e. The minimum absolute atomic E-state index is 0. The van der Waals surface area contributed by atoms with Gasteiger partial charge in [0, 0.05) is 12.1 Å². The number of carbonyl (C=O) groups excluding carboxylic acids is 1. The first-order chi connectivity index (χ1) is 8.66. The van der Waals surface area contributed by atoms with E-state index < -0.39 is 29.0 Å². The van der Waals surface area contributed by atoms with Gasteiger partial charge in [-0.15, -0.1) is 12.4 Å². The van der Waals surface area contributed by atoms with E-state index in [2.05, 4.69) is 10.1 Å². The molecule has 1 aromatic rings. The van der Waals surface area contributed by atoms with Crippen LogP contribution in [0.25, 0.3) is 0 Å². The molecule has 0 bridgehead atoms. The van der Waals surface area contributed by atoms with E-state index in [4.69, 9.17) is 5.73 Å². The maximum Gasteiger partial charge on any atom is 0.241 e. The molecule has 0 aromatic heterocycles. The molecule has 4 nitrogen and oxygen atoms in total. The summed E-state index contributed by atoms with van der Waals surface area (Å²) in [5.74, 6) is -2.34. The fourth-order valence-corrected chi connectivity index (χ4v) is 1.38. The zero-order chi connectivity index (χ0) is 14.8. The summed E-state index contributed by atoms with van der Waals surface area (Å²) in [7, 11) is 1.23. The van der Waals surface area contributed by atoms with Crippen molar-refractivity contribution in [3.05, 3.63) is 23.8 Å². The zero-order valence-electron chi connectivity index (χ0n) is 11.8. The second kappa shape index (κ2) is 6.85. The topological polar surface area (TPSA) is 64.3 Å². The SMILES string of the molecule is COc1cc(F)c(NC(=O)[C@@H](N)C(C)(C)C)cc1F.Cl. The predicted octanol–water partition coefficient (Wildman–Crippen LogP) is 2.71. The van der Waals surface area contributed by atoms with Gasteiger partial charge in [0.25, 0.3) is 0 Å². The van der Waals surface area contributed by atoms with Crippen LogP contribution in [0.5, 0.6) is 5.75 Å². The molecule has 1 amide bonds. The highest BCUT2D eigenvalue weighted by molar-refractivity contribution is 5.95. The van der Waals surface area contributed by atoms with Gasteiger partial charge >= 0.3 is 0 Å². The van der Waals surface area contributed by atoms with Crippen LogP contribution in [0.15, 0.2) is 12.1 Å². The van der Waals surface area contributed by atoms with Crippen molar-refractivity contribution in [3.8, 4) is 5.75 Å². The molecule has 0 spiro atoms. The van der Waals surface area contributed by atoms with Gasteiger partial charge in [-0.2, -0.15) is 0 Å². The lowest BCUT2D eigenvalue weighted by molar-refractivity contribution is -0.119. The number of anilines is 1. The molecule has 0 saturated heterocycles. The fourth-order valence-electron chi connectivity index (χ4n) is 1.38. The van der Waals surface area contributed by atoms with Crippen molar-refractivity contribution in [1.82, 2.24) is 0 Å². The summed E-state index contributed by atoms with van der Waals surface area (Å²) >= 11 is 0. The highest BCUT2D eigenvalue weighted by Gasteiger charge is 2.28. The van der Waals surface area contributed by atoms with Crippen LogP contribution in [0.3, 0.4) is 0 Å². The third kappa shape index (κ3) is 4.31. The van der Waals surface area contributed by atoms with Gasteiger partial charge < -0.3 is 15.8 Å². The summed E-state index contributed by atoms with van der Waals surface area (Å²) in [6, 6.07) is 0.895. The summed E-state index contributed by atoms with van der Waals surface area (Å²) in [4.78, 5) is 11.8. The standard InChI is InChI=1S/C13H18F2N2O2.ClH/c1-13(2,3)11(16)12(18)17-9-5-8(15)10(19-4)6-7(9)14;/h5-6,11H,16H2,1-4H3,(H,17,18);1H/t11-;/m1./s1. The van der Waals surface area contributed by atoms with E-state index in [9.17, 15) is 13.6 Å². The Bertz CT molecular complexity index is 490. The molecule has 0 radical (unpaired) electrons. The maximum absolute atomic E-state index is 13.6. The van der Waals surface area contributed by atoms with E-state index >= 15 is 0 Å². The molecule has 0 aliphatic heterocycles. The van der Waals surface area contributed by atoms with E-state index in [1.54, 1.807) is 20.8 Å². The van der Waals surface area contributed by atoms with Crippen LogP contribution in [0.1, 0.15) is 20.8 Å². The van der Waals surface area contributed by atoms with Crippen molar-refractivity contribution in [3.63, 3.8) is 0 Å². The van der Waals surface area contributed by atoms with Gasteiger partial charge in [0.05, 0.1) is 18.8 Å². The van der Waals surface area contributed by atoms with Crippen LogP contribution in [0.2, 0.25) is 0 Å². The van der Waals surface area contributed by atoms with Gasteiger partial charge in [0.2, 0.25) is 5.91 Å². The average molecular weight is 309 g/mol. The molecule has 0 aliphatic carbocycles. The monoisotopic (exact) mass is 308 g/mol. The third-order valence-corrected chi connectivity index (χ3v) is 2.71. The van der Waals surface area contributed by atoms with Crippen LogP contribution >= 0.6 is 12.4 Å². The lowest BCUT2D eigenvalue weighted by Crippen LogP contribution is -2.45. The number of rotatable bonds is 3. The molecule has 1 rings (SSSR count). The Kier molecular flexibility index (Phi) is 6.37. The Morgan fingerprint density at radius 2 is 1.85 bits per heavy atom. The third-order valence-electron chi connectivity index (χ3n) is 2.71. The van der Waals surface area contributed by atoms with Gasteiger partial charge in [0.1, 0.15) is 0 Å². The molecular weight excluding hydrogens is 290 g/mol. The molecular formula is C13H19ClF2N2O2. The number of ether oxygens (including phenoxy) is 1. The van der Waals surface area contributed by atoms with E-state index in [1.807, 2.05) is 0 Å². The molecule has 0 aliphatic rings. The predicted molar refractivity (Wildman–Crippen MR) is 76.2 cm³/mol. The number of hydrogen-bond acceptors (Lipinski definition) is 3. The van der Waals surface area contributed by atoms with Crippen molar-refractivity contribution < 1.29 is 18.3 Å². The second-order valence-corrected chi connectivity index (χ2v) is 5.30. The van der Waals surface area contributed by atoms with Crippen LogP contribution in [-0.2, 0) is 4.79 Å². The summed E-state index contributed by atoms with van der Waals surface area (Å²) < 4.78 is 31.7. The van der Waals surface area contributed by atoms with Crippen molar-refractivity contribution >= 4 is 24.0 Å². The summed E-state index contributed by atoms with van der Waals surface area (Å²) in [6.07, 6.45) is 0. The normalized spacial score (nSPS) is 12.3. The first-order valence-corrected chi connectivity index (χ1v) is 5.76. The zero-order valence-corrected chi connectivity index (χ0v) is 12.6. The minimum atomic E-state index is -0.836. The number of nitrogens with one attached hydrogen (secondary N) is 1. The van der Waals surface area contributed by atoms with Gasteiger partial charge in [0.15, 0.2) is 17.4 Å². The molecule has 3 N–H and O–H groups in total. The number of methoxy groups -OCH3 is 1. The summed E-state index contributed by atoms with van der Waals surface area (Å²) in [5.41, 5.74) is 4.99. The van der Waals surface area contributed by atoms with E-state index in [1.165, 1.54) is 7.11 Å². The molecule has 1 aromatic carbocycles. The Morgan fingerprint density at radius 1 is 1.30 bits per heavy atom. The van der Waals surface area contributed by atoms with Crippen LogP contribution in [-0.4, -0.2) is 19.1 Å². The fraction of sp³-hybridized carbons (Fsp3) is 0.462. The van der Waals surface area contributed by atoms with Crippen molar-refractivity contribution in [2.75, 3.05) is 12.4 Å². The van der Waals surface area contributed by atoms with Crippen LogP contribution in [0, 0.1) is 17.0 Å². The molecule has 0 unspecified atom stereocenters. The maximum atomic E-state index is 13.6. The molecule has 0 saturated carbocycles. The van der Waals surface area contributed by atoms with Gasteiger partial charge in [-0.05, 0) is 5.41 Å². The quantitative estimate of drug-likeness (QED) is 0.902. The smallest absolute Gasteiger partial charge is 0.241 e. The van der Waals surface area contributed by atoms with E-state index in [-0.39, 0.29) is 23.8 Å². The van der Waals surface area contributed by atoms with Crippen molar-refractivity contribution in [2.45, 2.75) is 26.8 Å².